The summed E-state index contributed by atoms with van der Waals surface area (Å²) < 4.78 is 26.9. The minimum absolute atomic E-state index is 0.282. The molecule has 5 nitrogen and oxygen atoms in total. The van der Waals surface area contributed by atoms with Gasteiger partial charge in [-0.1, -0.05) is 0 Å². The van der Waals surface area contributed by atoms with E-state index in [4.69, 9.17) is 10.6 Å². The van der Waals surface area contributed by atoms with Crippen LogP contribution in [0.15, 0.2) is 0 Å². The zero-order valence-electron chi connectivity index (χ0n) is 7.57. The smallest absolute Gasteiger partial charge is 0.151 e. The highest BCUT2D eigenvalue weighted by molar-refractivity contribution is 7.91. The maximum Gasteiger partial charge on any atom is 0.151 e. The number of nitrogens with two attached hydrogens (primary N) is 1. The van der Waals surface area contributed by atoms with Crippen LogP contribution in [0.4, 0.5) is 0 Å². The Morgan fingerprint density at radius 3 is 2.33 bits per heavy atom. The molecular formula is C6H16N2O3S. The fourth-order valence-corrected chi connectivity index (χ4v) is 1.55. The standard InChI is InChI=1S/C6H16N2O3S/c1-5(12(3,9)10)6(8-7)4-11-2/h5-6,8H,4,7H2,1-3H3. The third kappa shape index (κ3) is 3.48. The highest BCUT2D eigenvalue weighted by atomic mass is 32.2. The number of ether oxygens (including phenoxy) is 1. The van der Waals surface area contributed by atoms with Gasteiger partial charge in [-0.15, -0.1) is 0 Å². The summed E-state index contributed by atoms with van der Waals surface area (Å²) in [4.78, 5) is 0. The van der Waals surface area contributed by atoms with Gasteiger partial charge in [0.15, 0.2) is 9.84 Å². The zero-order valence-corrected chi connectivity index (χ0v) is 8.39. The van der Waals surface area contributed by atoms with Crippen LogP contribution in [-0.4, -0.2) is 39.7 Å². The molecule has 0 radical (unpaired) electrons. The van der Waals surface area contributed by atoms with Crippen molar-refractivity contribution in [3.63, 3.8) is 0 Å². The third-order valence-corrected chi connectivity index (χ3v) is 3.48. The van der Waals surface area contributed by atoms with Crippen molar-refractivity contribution in [2.24, 2.45) is 5.84 Å². The second kappa shape index (κ2) is 4.76. The summed E-state index contributed by atoms with van der Waals surface area (Å²) >= 11 is 0. The molecule has 0 saturated carbocycles. The summed E-state index contributed by atoms with van der Waals surface area (Å²) in [5, 5.41) is -0.539. The number of hydrogen-bond acceptors (Lipinski definition) is 5. The molecule has 0 heterocycles. The maximum absolute atomic E-state index is 11.1. The van der Waals surface area contributed by atoms with E-state index in [1.807, 2.05) is 0 Å². The van der Waals surface area contributed by atoms with E-state index in [1.54, 1.807) is 6.92 Å². The zero-order chi connectivity index (χ0) is 9.78. The third-order valence-electron chi connectivity index (χ3n) is 1.80. The van der Waals surface area contributed by atoms with Gasteiger partial charge in [0, 0.05) is 13.4 Å². The molecule has 2 unspecified atom stereocenters. The average molecular weight is 196 g/mol. The highest BCUT2D eigenvalue weighted by Gasteiger charge is 2.24. The van der Waals surface area contributed by atoms with Crippen LogP contribution in [0.3, 0.4) is 0 Å². The summed E-state index contributed by atoms with van der Waals surface area (Å²) in [5.74, 6) is 5.16. The van der Waals surface area contributed by atoms with Crippen LogP contribution in [0.1, 0.15) is 6.92 Å². The monoisotopic (exact) mass is 196 g/mol. The lowest BCUT2D eigenvalue weighted by molar-refractivity contribution is 0.165. The van der Waals surface area contributed by atoms with Crippen LogP contribution >= 0.6 is 0 Å². The second-order valence-corrected chi connectivity index (χ2v) is 5.17. The van der Waals surface area contributed by atoms with Gasteiger partial charge in [0.05, 0.1) is 17.9 Å². The molecule has 0 aromatic rings. The van der Waals surface area contributed by atoms with Crippen LogP contribution in [-0.2, 0) is 14.6 Å². The average Bonchev–Trinajstić information content (AvgIpc) is 1.97. The van der Waals surface area contributed by atoms with E-state index in [9.17, 15) is 8.42 Å². The molecule has 0 spiro atoms. The van der Waals surface area contributed by atoms with E-state index in [1.165, 1.54) is 13.4 Å². The first kappa shape index (κ1) is 11.8. The lowest BCUT2D eigenvalue weighted by atomic mass is 10.2. The lowest BCUT2D eigenvalue weighted by Crippen LogP contribution is -2.48. The van der Waals surface area contributed by atoms with Gasteiger partial charge in [-0.3, -0.25) is 11.3 Å². The van der Waals surface area contributed by atoms with Crippen LogP contribution in [0.5, 0.6) is 0 Å². The Labute approximate surface area is 73.2 Å². The van der Waals surface area contributed by atoms with Crippen LogP contribution in [0.25, 0.3) is 0 Å². The first-order valence-electron chi connectivity index (χ1n) is 3.57. The highest BCUT2D eigenvalue weighted by Crippen LogP contribution is 2.03. The second-order valence-electron chi connectivity index (χ2n) is 2.76. The fraction of sp³-hybridized carbons (Fsp3) is 1.00. The Kier molecular flexibility index (Phi) is 4.69. The summed E-state index contributed by atoms with van der Waals surface area (Å²) in [5.41, 5.74) is 2.41. The SMILES string of the molecule is COCC(NN)C(C)S(C)(=O)=O. The Morgan fingerprint density at radius 2 is 2.08 bits per heavy atom. The first-order valence-corrected chi connectivity index (χ1v) is 5.53. The van der Waals surface area contributed by atoms with Gasteiger partial charge < -0.3 is 4.74 Å². The van der Waals surface area contributed by atoms with Gasteiger partial charge in [-0.05, 0) is 6.92 Å². The Morgan fingerprint density at radius 1 is 1.58 bits per heavy atom. The largest absolute Gasteiger partial charge is 0.383 e. The van der Waals surface area contributed by atoms with Gasteiger partial charge >= 0.3 is 0 Å². The van der Waals surface area contributed by atoms with Gasteiger partial charge in [-0.2, -0.15) is 0 Å². The quantitative estimate of drug-likeness (QED) is 0.431. The molecule has 3 N–H and O–H groups in total. The van der Waals surface area contributed by atoms with Crippen molar-refractivity contribution in [1.82, 2.24) is 5.43 Å². The van der Waals surface area contributed by atoms with E-state index >= 15 is 0 Å². The van der Waals surface area contributed by atoms with E-state index < -0.39 is 15.1 Å². The summed E-state index contributed by atoms with van der Waals surface area (Å²) in [6.07, 6.45) is 1.18. The first-order chi connectivity index (χ1) is 5.43. The van der Waals surface area contributed by atoms with Crippen molar-refractivity contribution in [3.8, 4) is 0 Å². The number of hydrazine groups is 1. The molecule has 0 rings (SSSR count). The minimum Gasteiger partial charge on any atom is -0.383 e. The molecule has 6 heteroatoms. The molecule has 0 saturated heterocycles. The Balaban J connectivity index is 4.31. The van der Waals surface area contributed by atoms with Crippen molar-refractivity contribution in [1.29, 1.82) is 0 Å². The van der Waals surface area contributed by atoms with E-state index in [0.717, 1.165) is 0 Å². The predicted molar refractivity (Wildman–Crippen MR) is 47.3 cm³/mol. The normalized spacial score (nSPS) is 17.3. The van der Waals surface area contributed by atoms with Crippen molar-refractivity contribution >= 4 is 9.84 Å². The van der Waals surface area contributed by atoms with Crippen molar-refractivity contribution in [2.75, 3.05) is 20.0 Å². The van der Waals surface area contributed by atoms with Gasteiger partial charge in [0.2, 0.25) is 0 Å². The van der Waals surface area contributed by atoms with E-state index in [0.29, 0.717) is 0 Å². The van der Waals surface area contributed by atoms with E-state index in [2.05, 4.69) is 5.43 Å². The van der Waals surface area contributed by atoms with Crippen LogP contribution in [0, 0.1) is 0 Å². The fourth-order valence-electron chi connectivity index (χ4n) is 0.797. The van der Waals surface area contributed by atoms with Crippen LogP contribution < -0.4 is 11.3 Å². The Bertz CT molecular complexity index is 215. The molecule has 0 aliphatic heterocycles. The molecule has 0 aromatic heterocycles. The molecule has 0 fully saturated rings. The van der Waals surface area contributed by atoms with Gasteiger partial charge in [0.1, 0.15) is 0 Å². The summed E-state index contributed by atoms with van der Waals surface area (Å²) in [6, 6.07) is -0.356. The molecule has 0 bridgehead atoms. The molecule has 0 aromatic carbocycles. The van der Waals surface area contributed by atoms with Crippen molar-refractivity contribution in [3.05, 3.63) is 0 Å². The molecule has 0 aliphatic carbocycles. The molecule has 0 amide bonds. The molecule has 2 atom stereocenters. The molecule has 74 valence electrons. The number of rotatable bonds is 5. The molecule has 0 aliphatic rings. The minimum atomic E-state index is -3.06. The molecule has 12 heavy (non-hydrogen) atoms. The summed E-state index contributed by atoms with van der Waals surface area (Å²) in [6.45, 7) is 1.88. The topological polar surface area (TPSA) is 81.4 Å². The van der Waals surface area contributed by atoms with Gasteiger partial charge in [0.25, 0.3) is 0 Å². The van der Waals surface area contributed by atoms with Crippen molar-refractivity contribution in [2.45, 2.75) is 18.2 Å². The predicted octanol–water partition coefficient (Wildman–Crippen LogP) is -1.10. The maximum atomic E-state index is 11.1. The number of hydrogen-bond donors (Lipinski definition) is 2. The van der Waals surface area contributed by atoms with Gasteiger partial charge in [-0.25, -0.2) is 8.42 Å². The van der Waals surface area contributed by atoms with Crippen molar-refractivity contribution < 1.29 is 13.2 Å². The Hall–Kier alpha value is -0.170. The molecular weight excluding hydrogens is 180 g/mol. The number of nitrogens with one attached hydrogen (secondary N) is 1. The van der Waals surface area contributed by atoms with Crippen LogP contribution in [0.2, 0.25) is 0 Å². The number of sulfone groups is 1. The number of methoxy groups -OCH3 is 1. The van der Waals surface area contributed by atoms with E-state index in [-0.39, 0.29) is 12.6 Å². The summed E-state index contributed by atoms with van der Waals surface area (Å²) in [7, 11) is -1.56. The lowest BCUT2D eigenvalue weighted by Gasteiger charge is -2.20.